The van der Waals surface area contributed by atoms with Crippen molar-refractivity contribution in [2.45, 2.75) is 17.7 Å². The molecule has 0 saturated carbocycles. The molecule has 0 saturated heterocycles. The van der Waals surface area contributed by atoms with E-state index in [-0.39, 0.29) is 36.2 Å². The van der Waals surface area contributed by atoms with Crippen molar-refractivity contribution in [2.75, 3.05) is 29.8 Å². The van der Waals surface area contributed by atoms with E-state index in [0.717, 1.165) is 0 Å². The van der Waals surface area contributed by atoms with E-state index >= 15 is 0 Å². The number of rotatable bonds is 5. The van der Waals surface area contributed by atoms with Crippen LogP contribution in [-0.4, -0.2) is 39.8 Å². The topological polar surface area (TPSA) is 102 Å². The largest absolute Gasteiger partial charge is 0.454 e. The molecule has 28 heavy (non-hydrogen) atoms. The third kappa shape index (κ3) is 3.40. The molecule has 2 heterocycles. The van der Waals surface area contributed by atoms with Crippen LogP contribution in [0.1, 0.15) is 12.0 Å². The Labute approximate surface area is 162 Å². The maximum atomic E-state index is 12.6. The zero-order valence-corrected chi connectivity index (χ0v) is 15.9. The molecule has 9 heteroatoms. The average molecular weight is 402 g/mol. The number of amides is 2. The number of fused-ring (bicyclic) bond motifs is 2. The van der Waals surface area contributed by atoms with E-state index in [1.165, 1.54) is 17.0 Å². The normalized spacial score (nSPS) is 14.9. The van der Waals surface area contributed by atoms with Crippen LogP contribution in [0, 0.1) is 0 Å². The SMILES string of the molecule is CN1C(=O)Cc2cc(S(=O)(=O)CCC(=O)Nc3ccc4c(c3)OCO4)ccc21. The lowest BCUT2D eigenvalue weighted by Crippen LogP contribution is -2.20. The molecule has 0 atom stereocenters. The number of nitrogens with zero attached hydrogens (tertiary/aromatic N) is 1. The molecule has 0 radical (unpaired) electrons. The van der Waals surface area contributed by atoms with Crippen molar-refractivity contribution in [3.8, 4) is 11.5 Å². The van der Waals surface area contributed by atoms with E-state index in [0.29, 0.717) is 28.4 Å². The summed E-state index contributed by atoms with van der Waals surface area (Å²) in [5.74, 6) is 0.307. The van der Waals surface area contributed by atoms with Crippen molar-refractivity contribution >= 4 is 33.0 Å². The summed E-state index contributed by atoms with van der Waals surface area (Å²) in [6.07, 6.45) is -0.00745. The second-order valence-corrected chi connectivity index (χ2v) is 8.71. The highest BCUT2D eigenvalue weighted by molar-refractivity contribution is 7.91. The molecule has 8 nitrogen and oxygen atoms in total. The van der Waals surface area contributed by atoms with Crippen molar-refractivity contribution in [1.82, 2.24) is 0 Å². The number of nitrogens with one attached hydrogen (secondary N) is 1. The number of ether oxygens (including phenoxy) is 2. The summed E-state index contributed by atoms with van der Waals surface area (Å²) < 4.78 is 35.6. The first-order valence-electron chi connectivity index (χ1n) is 8.65. The van der Waals surface area contributed by atoms with Crippen molar-refractivity contribution in [1.29, 1.82) is 0 Å². The van der Waals surface area contributed by atoms with Crippen LogP contribution in [0.2, 0.25) is 0 Å². The summed E-state index contributed by atoms with van der Waals surface area (Å²) in [5.41, 5.74) is 1.90. The summed E-state index contributed by atoms with van der Waals surface area (Å²) in [4.78, 5) is 25.5. The van der Waals surface area contributed by atoms with Gasteiger partial charge in [0.15, 0.2) is 21.3 Å². The van der Waals surface area contributed by atoms with Crippen LogP contribution in [-0.2, 0) is 25.8 Å². The average Bonchev–Trinajstić information content (AvgIpc) is 3.24. The number of likely N-dealkylation sites (N-methyl/N-ethyl adjacent to an activating group) is 1. The van der Waals surface area contributed by atoms with Gasteiger partial charge >= 0.3 is 0 Å². The molecule has 0 aromatic heterocycles. The fraction of sp³-hybridized carbons (Fsp3) is 0.263. The molecule has 0 spiro atoms. The van der Waals surface area contributed by atoms with E-state index in [1.54, 1.807) is 31.3 Å². The van der Waals surface area contributed by atoms with Gasteiger partial charge in [0.1, 0.15) is 0 Å². The Hall–Kier alpha value is -3.07. The van der Waals surface area contributed by atoms with Gasteiger partial charge in [-0.15, -0.1) is 0 Å². The monoisotopic (exact) mass is 402 g/mol. The van der Waals surface area contributed by atoms with Gasteiger partial charge in [-0.05, 0) is 35.9 Å². The maximum absolute atomic E-state index is 12.6. The summed E-state index contributed by atoms with van der Waals surface area (Å²) >= 11 is 0. The number of benzene rings is 2. The predicted molar refractivity (Wildman–Crippen MR) is 101 cm³/mol. The minimum atomic E-state index is -3.65. The number of sulfone groups is 1. The van der Waals surface area contributed by atoms with Gasteiger partial charge in [0.2, 0.25) is 18.6 Å². The quantitative estimate of drug-likeness (QED) is 0.817. The summed E-state index contributed by atoms with van der Waals surface area (Å²) in [6.45, 7) is 0.132. The first-order chi connectivity index (χ1) is 13.3. The molecular weight excluding hydrogens is 384 g/mol. The molecule has 2 aromatic carbocycles. The molecule has 2 amide bonds. The Balaban J connectivity index is 1.41. The highest BCUT2D eigenvalue weighted by atomic mass is 32.2. The molecule has 146 valence electrons. The van der Waals surface area contributed by atoms with Crippen LogP contribution in [0.5, 0.6) is 11.5 Å². The molecule has 0 bridgehead atoms. The second kappa shape index (κ2) is 6.83. The number of anilines is 2. The Morgan fingerprint density at radius 1 is 1.14 bits per heavy atom. The van der Waals surface area contributed by atoms with E-state index in [4.69, 9.17) is 9.47 Å². The van der Waals surface area contributed by atoms with E-state index in [1.807, 2.05) is 0 Å². The van der Waals surface area contributed by atoms with Gasteiger partial charge in [-0.25, -0.2) is 8.42 Å². The Bertz CT molecular complexity index is 1080. The Kier molecular flexibility index (Phi) is 4.46. The Morgan fingerprint density at radius 2 is 1.93 bits per heavy atom. The molecule has 2 aromatic rings. The van der Waals surface area contributed by atoms with Gasteiger partial charge in [-0.2, -0.15) is 0 Å². The molecule has 4 rings (SSSR count). The number of hydrogen-bond acceptors (Lipinski definition) is 6. The fourth-order valence-electron chi connectivity index (χ4n) is 3.18. The molecule has 2 aliphatic rings. The minimum absolute atomic E-state index is 0.0762. The van der Waals surface area contributed by atoms with Gasteiger partial charge in [-0.3, -0.25) is 9.59 Å². The third-order valence-corrected chi connectivity index (χ3v) is 6.46. The van der Waals surface area contributed by atoms with Crippen molar-refractivity contribution < 1.29 is 27.5 Å². The first-order valence-corrected chi connectivity index (χ1v) is 10.3. The lowest BCUT2D eigenvalue weighted by atomic mass is 10.2. The zero-order chi connectivity index (χ0) is 19.9. The molecule has 0 aliphatic carbocycles. The van der Waals surface area contributed by atoms with Crippen LogP contribution in [0.15, 0.2) is 41.3 Å². The fourth-order valence-corrected chi connectivity index (χ4v) is 4.47. The molecule has 2 aliphatic heterocycles. The first kappa shape index (κ1) is 18.3. The van der Waals surface area contributed by atoms with Gasteiger partial charge in [-0.1, -0.05) is 0 Å². The summed E-state index contributed by atoms with van der Waals surface area (Å²) in [5, 5.41) is 2.66. The predicted octanol–water partition coefficient (Wildman–Crippen LogP) is 1.74. The Morgan fingerprint density at radius 3 is 2.75 bits per heavy atom. The maximum Gasteiger partial charge on any atom is 0.231 e. The van der Waals surface area contributed by atoms with Crippen molar-refractivity contribution in [3.05, 3.63) is 42.0 Å². The summed E-state index contributed by atoms with van der Waals surface area (Å²) in [7, 11) is -1.99. The number of hydrogen-bond donors (Lipinski definition) is 1. The second-order valence-electron chi connectivity index (χ2n) is 6.61. The molecular formula is C19H18N2O6S. The van der Waals surface area contributed by atoms with E-state index in [9.17, 15) is 18.0 Å². The standard InChI is InChI=1S/C19H18N2O6S/c1-21-15-4-3-14(8-12(15)9-19(21)23)28(24,25)7-6-18(22)20-13-2-5-16-17(10-13)27-11-26-16/h2-5,8,10H,6-7,9,11H2,1H3,(H,20,22). The number of carbonyl (C=O) groups excluding carboxylic acids is 2. The van der Waals surface area contributed by atoms with Gasteiger partial charge < -0.3 is 19.7 Å². The molecule has 1 N–H and O–H groups in total. The highest BCUT2D eigenvalue weighted by Crippen LogP contribution is 2.34. The minimum Gasteiger partial charge on any atom is -0.454 e. The smallest absolute Gasteiger partial charge is 0.231 e. The van der Waals surface area contributed by atoms with Gasteiger partial charge in [0, 0.05) is 30.9 Å². The van der Waals surface area contributed by atoms with Crippen molar-refractivity contribution in [3.63, 3.8) is 0 Å². The number of carbonyl (C=O) groups is 2. The zero-order valence-electron chi connectivity index (χ0n) is 15.1. The van der Waals surface area contributed by atoms with Crippen LogP contribution in [0.25, 0.3) is 0 Å². The van der Waals surface area contributed by atoms with Gasteiger partial charge in [0.25, 0.3) is 0 Å². The van der Waals surface area contributed by atoms with Gasteiger partial charge in [0.05, 0.1) is 17.1 Å². The van der Waals surface area contributed by atoms with Crippen LogP contribution in [0.4, 0.5) is 11.4 Å². The lowest BCUT2D eigenvalue weighted by molar-refractivity contribution is -0.117. The van der Waals surface area contributed by atoms with Crippen molar-refractivity contribution in [2.24, 2.45) is 0 Å². The third-order valence-electron chi connectivity index (χ3n) is 4.74. The van der Waals surface area contributed by atoms with E-state index < -0.39 is 15.7 Å². The summed E-state index contributed by atoms with van der Waals surface area (Å²) in [6, 6.07) is 9.58. The van der Waals surface area contributed by atoms with E-state index in [2.05, 4.69) is 5.32 Å². The van der Waals surface area contributed by atoms with Crippen LogP contribution >= 0.6 is 0 Å². The van der Waals surface area contributed by atoms with Crippen LogP contribution in [0.3, 0.4) is 0 Å². The van der Waals surface area contributed by atoms with Crippen LogP contribution < -0.4 is 19.7 Å². The molecule has 0 fully saturated rings. The molecule has 0 unspecified atom stereocenters. The lowest BCUT2D eigenvalue weighted by Gasteiger charge is -2.11. The highest BCUT2D eigenvalue weighted by Gasteiger charge is 2.26.